The normalized spacial score (nSPS) is 11.6. The minimum atomic E-state index is -0.675. The van der Waals surface area contributed by atoms with Gasteiger partial charge in [0.05, 0.1) is 5.92 Å². The van der Waals surface area contributed by atoms with Crippen molar-refractivity contribution < 1.29 is 19.8 Å². The van der Waals surface area contributed by atoms with Crippen molar-refractivity contribution in [3.8, 4) is 0 Å². The Morgan fingerprint density at radius 3 is 1.03 bits per heavy atom. The zero-order valence-electron chi connectivity index (χ0n) is 24.0. The molecule has 0 aliphatic heterocycles. The lowest BCUT2D eigenvalue weighted by molar-refractivity contribution is -0.142. The summed E-state index contributed by atoms with van der Waals surface area (Å²) in [7, 11) is 0. The maximum Gasteiger partial charge on any atom is 0.306 e. The third-order valence-electron chi connectivity index (χ3n) is 6.91. The SMILES string of the molecule is CCCCCCC(=O)O.CCCCCCCCCCCCC(CCCCCCCCCC)C(=O)O. The second-order valence-corrected chi connectivity index (χ2v) is 10.5. The van der Waals surface area contributed by atoms with Crippen LogP contribution in [0.15, 0.2) is 0 Å². The molecule has 4 nitrogen and oxygen atoms in total. The number of carbonyl (C=O) groups is 2. The van der Waals surface area contributed by atoms with Crippen LogP contribution in [0.1, 0.15) is 181 Å². The van der Waals surface area contributed by atoms with Crippen molar-refractivity contribution in [2.24, 2.45) is 5.92 Å². The van der Waals surface area contributed by atoms with Crippen molar-refractivity contribution in [1.29, 1.82) is 0 Å². The Morgan fingerprint density at radius 2 is 0.743 bits per heavy atom. The van der Waals surface area contributed by atoms with E-state index >= 15 is 0 Å². The van der Waals surface area contributed by atoms with Gasteiger partial charge in [0.25, 0.3) is 0 Å². The lowest BCUT2D eigenvalue weighted by Crippen LogP contribution is -2.13. The highest BCUT2D eigenvalue weighted by Gasteiger charge is 2.16. The molecule has 0 saturated carbocycles. The Hall–Kier alpha value is -1.06. The Labute approximate surface area is 219 Å². The summed E-state index contributed by atoms with van der Waals surface area (Å²) in [6.45, 7) is 6.63. The zero-order valence-corrected chi connectivity index (χ0v) is 24.0. The maximum absolute atomic E-state index is 11.4. The van der Waals surface area contributed by atoms with Gasteiger partial charge in [0, 0.05) is 6.42 Å². The second-order valence-electron chi connectivity index (χ2n) is 10.5. The molecule has 0 aliphatic rings. The van der Waals surface area contributed by atoms with E-state index in [1.165, 1.54) is 109 Å². The topological polar surface area (TPSA) is 74.6 Å². The predicted molar refractivity (Wildman–Crippen MR) is 151 cm³/mol. The molecular weight excluding hydrogens is 436 g/mol. The first-order valence-electron chi connectivity index (χ1n) is 15.4. The first-order valence-corrected chi connectivity index (χ1v) is 15.4. The molecule has 35 heavy (non-hydrogen) atoms. The Bertz CT molecular complexity index is 436. The highest BCUT2D eigenvalue weighted by molar-refractivity contribution is 5.69. The summed E-state index contributed by atoms with van der Waals surface area (Å²) in [5.41, 5.74) is 0. The van der Waals surface area contributed by atoms with E-state index in [1.54, 1.807) is 0 Å². The highest BCUT2D eigenvalue weighted by atomic mass is 16.4. The second kappa shape index (κ2) is 31.0. The largest absolute Gasteiger partial charge is 0.481 e. The fraction of sp³-hybridized carbons (Fsp3) is 0.935. The van der Waals surface area contributed by atoms with Crippen LogP contribution < -0.4 is 0 Å². The molecule has 1 atom stereocenters. The molecule has 0 aliphatic carbocycles. The molecule has 0 radical (unpaired) electrons. The van der Waals surface area contributed by atoms with Crippen molar-refractivity contribution in [1.82, 2.24) is 0 Å². The van der Waals surface area contributed by atoms with Gasteiger partial charge in [-0.3, -0.25) is 9.59 Å². The smallest absolute Gasteiger partial charge is 0.306 e. The van der Waals surface area contributed by atoms with Gasteiger partial charge in [0.15, 0.2) is 0 Å². The third-order valence-corrected chi connectivity index (χ3v) is 6.91. The van der Waals surface area contributed by atoms with Crippen LogP contribution in [0.2, 0.25) is 0 Å². The molecular formula is C31H62O4. The minimum absolute atomic E-state index is 0.0934. The zero-order chi connectivity index (χ0) is 26.4. The summed E-state index contributed by atoms with van der Waals surface area (Å²) in [6.07, 6.45) is 29.9. The molecule has 4 heteroatoms. The highest BCUT2D eigenvalue weighted by Crippen LogP contribution is 2.20. The van der Waals surface area contributed by atoms with E-state index in [0.29, 0.717) is 6.42 Å². The van der Waals surface area contributed by atoms with E-state index in [0.717, 1.165) is 44.9 Å². The maximum atomic E-state index is 11.4. The molecule has 0 aromatic heterocycles. The van der Waals surface area contributed by atoms with E-state index in [4.69, 9.17) is 5.11 Å². The van der Waals surface area contributed by atoms with E-state index in [9.17, 15) is 14.7 Å². The molecule has 0 aromatic rings. The number of carboxylic acids is 2. The van der Waals surface area contributed by atoms with E-state index < -0.39 is 11.9 Å². The summed E-state index contributed by atoms with van der Waals surface area (Å²) >= 11 is 0. The van der Waals surface area contributed by atoms with Gasteiger partial charge in [-0.2, -0.15) is 0 Å². The number of aliphatic carboxylic acids is 2. The van der Waals surface area contributed by atoms with Gasteiger partial charge >= 0.3 is 11.9 Å². The third kappa shape index (κ3) is 32.9. The van der Waals surface area contributed by atoms with Crippen LogP contribution in [0.3, 0.4) is 0 Å². The van der Waals surface area contributed by atoms with Gasteiger partial charge in [0.2, 0.25) is 0 Å². The fourth-order valence-corrected chi connectivity index (χ4v) is 4.50. The molecule has 0 saturated heterocycles. The average molecular weight is 499 g/mol. The minimum Gasteiger partial charge on any atom is -0.481 e. The van der Waals surface area contributed by atoms with Crippen LogP contribution >= 0.6 is 0 Å². The van der Waals surface area contributed by atoms with Crippen molar-refractivity contribution in [3.05, 3.63) is 0 Å². The van der Waals surface area contributed by atoms with E-state index in [-0.39, 0.29) is 5.92 Å². The number of carboxylic acid groups (broad SMARTS) is 2. The fourth-order valence-electron chi connectivity index (χ4n) is 4.50. The molecule has 210 valence electrons. The molecule has 0 fully saturated rings. The van der Waals surface area contributed by atoms with Crippen LogP contribution in [0.5, 0.6) is 0 Å². The van der Waals surface area contributed by atoms with Gasteiger partial charge in [0.1, 0.15) is 0 Å². The van der Waals surface area contributed by atoms with Crippen LogP contribution in [-0.2, 0) is 9.59 Å². The molecule has 2 N–H and O–H groups in total. The van der Waals surface area contributed by atoms with Crippen LogP contribution in [-0.4, -0.2) is 22.2 Å². The molecule has 1 unspecified atom stereocenters. The van der Waals surface area contributed by atoms with Gasteiger partial charge in [-0.25, -0.2) is 0 Å². The summed E-state index contributed by atoms with van der Waals surface area (Å²) in [5, 5.41) is 17.6. The lowest BCUT2D eigenvalue weighted by Gasteiger charge is -2.12. The van der Waals surface area contributed by atoms with Gasteiger partial charge in [-0.1, -0.05) is 156 Å². The number of hydrogen-bond acceptors (Lipinski definition) is 2. The number of unbranched alkanes of at least 4 members (excludes halogenated alkanes) is 19. The predicted octanol–water partition coefficient (Wildman–Crippen LogP) is 10.6. The molecule has 0 spiro atoms. The van der Waals surface area contributed by atoms with Gasteiger partial charge < -0.3 is 10.2 Å². The van der Waals surface area contributed by atoms with Crippen molar-refractivity contribution in [2.45, 2.75) is 181 Å². The number of rotatable bonds is 26. The molecule has 0 bridgehead atoms. The summed E-state index contributed by atoms with van der Waals surface area (Å²) in [4.78, 5) is 21.4. The summed E-state index contributed by atoms with van der Waals surface area (Å²) < 4.78 is 0. The molecule has 0 heterocycles. The van der Waals surface area contributed by atoms with Crippen LogP contribution in [0, 0.1) is 5.92 Å². The first kappa shape index (κ1) is 36.1. The standard InChI is InChI=1S/C24H48O2.C7H14O2/c1-3-5-7-9-11-13-14-16-18-20-22-23(24(25)26)21-19-17-15-12-10-8-6-4-2;1-2-3-4-5-6-7(8)9/h23H,3-22H2,1-2H3,(H,25,26);2-6H2,1H3,(H,8,9). The quantitative estimate of drug-likeness (QED) is 0.116. The summed E-state index contributed by atoms with van der Waals surface area (Å²) in [5.74, 6) is -1.33. The summed E-state index contributed by atoms with van der Waals surface area (Å²) in [6, 6.07) is 0. The first-order chi connectivity index (χ1) is 17.0. The molecule has 0 amide bonds. The van der Waals surface area contributed by atoms with Crippen LogP contribution in [0.4, 0.5) is 0 Å². The van der Waals surface area contributed by atoms with Crippen molar-refractivity contribution in [2.75, 3.05) is 0 Å². The average Bonchev–Trinajstić information content (AvgIpc) is 2.83. The van der Waals surface area contributed by atoms with Gasteiger partial charge in [-0.05, 0) is 19.3 Å². The Balaban J connectivity index is 0. The lowest BCUT2D eigenvalue weighted by atomic mass is 9.94. The molecule has 0 aromatic carbocycles. The van der Waals surface area contributed by atoms with Crippen molar-refractivity contribution >= 4 is 11.9 Å². The van der Waals surface area contributed by atoms with E-state index in [1.807, 2.05) is 0 Å². The monoisotopic (exact) mass is 498 g/mol. The van der Waals surface area contributed by atoms with Crippen molar-refractivity contribution in [3.63, 3.8) is 0 Å². The molecule has 0 rings (SSSR count). The van der Waals surface area contributed by atoms with Crippen LogP contribution in [0.25, 0.3) is 0 Å². The number of hydrogen-bond donors (Lipinski definition) is 2. The Morgan fingerprint density at radius 1 is 0.457 bits per heavy atom. The Kier molecular flexibility index (Phi) is 31.9. The van der Waals surface area contributed by atoms with Gasteiger partial charge in [-0.15, -0.1) is 0 Å². The van der Waals surface area contributed by atoms with E-state index in [2.05, 4.69) is 20.8 Å².